The summed E-state index contributed by atoms with van der Waals surface area (Å²) in [7, 11) is 1.37. The fourth-order valence-corrected chi connectivity index (χ4v) is 3.91. The summed E-state index contributed by atoms with van der Waals surface area (Å²) in [5.74, 6) is 0.848. The molecule has 1 saturated carbocycles. The number of nitrogens with zero attached hydrogens (tertiary/aromatic N) is 1. The van der Waals surface area contributed by atoms with Crippen LogP contribution in [0.4, 0.5) is 0 Å². The average molecular weight is 378 g/mol. The number of hydrogen-bond donors (Lipinski definition) is 0. The van der Waals surface area contributed by atoms with Crippen LogP contribution in [0.15, 0.2) is 36.1 Å². The van der Waals surface area contributed by atoms with E-state index in [-0.39, 0.29) is 18.4 Å². The van der Waals surface area contributed by atoms with Crippen molar-refractivity contribution in [1.82, 2.24) is 4.90 Å². The van der Waals surface area contributed by atoms with E-state index >= 15 is 0 Å². The lowest BCUT2D eigenvalue weighted by atomic mass is 9.84. The van der Waals surface area contributed by atoms with Crippen LogP contribution in [0.25, 0.3) is 0 Å². The van der Waals surface area contributed by atoms with Crippen LogP contribution in [0.2, 0.25) is 5.02 Å². The van der Waals surface area contributed by atoms with Crippen LogP contribution < -0.4 is 4.74 Å². The van der Waals surface area contributed by atoms with Crippen molar-refractivity contribution >= 4 is 23.5 Å². The summed E-state index contributed by atoms with van der Waals surface area (Å²) in [6.07, 6.45) is 7.90. The van der Waals surface area contributed by atoms with Crippen LogP contribution >= 0.6 is 11.6 Å². The van der Waals surface area contributed by atoms with Crippen molar-refractivity contribution < 1.29 is 19.1 Å². The Balaban J connectivity index is 1.69. The first-order chi connectivity index (χ1) is 12.6. The number of halogens is 1. The SMILES string of the molecule is COC(=O)[C@H](CC1CCCCC1)N1CC(Oc2ccccc2Cl)=CC1=O. The highest BCUT2D eigenvalue weighted by molar-refractivity contribution is 6.32. The van der Waals surface area contributed by atoms with Gasteiger partial charge in [-0.3, -0.25) is 4.79 Å². The Morgan fingerprint density at radius 3 is 2.69 bits per heavy atom. The van der Waals surface area contributed by atoms with E-state index < -0.39 is 6.04 Å². The van der Waals surface area contributed by atoms with Gasteiger partial charge in [-0.25, -0.2) is 4.79 Å². The van der Waals surface area contributed by atoms with Gasteiger partial charge in [-0.05, 0) is 24.5 Å². The van der Waals surface area contributed by atoms with Gasteiger partial charge < -0.3 is 14.4 Å². The van der Waals surface area contributed by atoms with Crippen molar-refractivity contribution in [2.24, 2.45) is 5.92 Å². The van der Waals surface area contributed by atoms with Gasteiger partial charge in [0, 0.05) is 6.08 Å². The lowest BCUT2D eigenvalue weighted by Crippen LogP contribution is -2.44. The number of esters is 1. The second-order valence-electron chi connectivity index (χ2n) is 6.89. The van der Waals surface area contributed by atoms with E-state index in [0.29, 0.717) is 28.9 Å². The molecular formula is C20H24ClNO4. The van der Waals surface area contributed by atoms with Gasteiger partial charge in [0.05, 0.1) is 18.7 Å². The summed E-state index contributed by atoms with van der Waals surface area (Å²) in [6, 6.07) is 6.53. The molecule has 140 valence electrons. The molecule has 0 saturated heterocycles. The van der Waals surface area contributed by atoms with Crippen LogP contribution in [0.1, 0.15) is 38.5 Å². The number of ether oxygens (including phenoxy) is 2. The highest BCUT2D eigenvalue weighted by Crippen LogP contribution is 2.31. The van der Waals surface area contributed by atoms with Crippen molar-refractivity contribution in [3.8, 4) is 5.75 Å². The Morgan fingerprint density at radius 1 is 1.27 bits per heavy atom. The summed E-state index contributed by atoms with van der Waals surface area (Å²) in [6.45, 7) is 0.247. The maximum Gasteiger partial charge on any atom is 0.328 e. The van der Waals surface area contributed by atoms with Gasteiger partial charge in [0.15, 0.2) is 0 Å². The fourth-order valence-electron chi connectivity index (χ4n) is 3.73. The zero-order chi connectivity index (χ0) is 18.5. The van der Waals surface area contributed by atoms with E-state index in [0.717, 1.165) is 12.8 Å². The number of para-hydroxylation sites is 1. The first kappa shape index (κ1) is 18.8. The molecule has 1 amide bonds. The largest absolute Gasteiger partial charge is 0.467 e. The number of carbonyl (C=O) groups excluding carboxylic acids is 2. The average Bonchev–Trinajstić information content (AvgIpc) is 3.02. The Bertz CT molecular complexity index is 697. The van der Waals surface area contributed by atoms with Crippen molar-refractivity contribution in [3.05, 3.63) is 41.1 Å². The number of benzene rings is 1. The van der Waals surface area contributed by atoms with Gasteiger partial charge in [-0.1, -0.05) is 55.8 Å². The standard InChI is InChI=1S/C20H24ClNO4/c1-25-20(24)17(11-14-7-3-2-4-8-14)22-13-15(12-19(22)23)26-18-10-6-5-9-16(18)21/h5-6,9-10,12,14,17H,2-4,7-8,11,13H2,1H3/t17-/m0/s1. The minimum absolute atomic E-state index is 0.224. The van der Waals surface area contributed by atoms with Crippen LogP contribution in [-0.2, 0) is 14.3 Å². The Labute approximate surface area is 158 Å². The number of rotatable bonds is 6. The molecule has 1 aromatic carbocycles. The fraction of sp³-hybridized carbons (Fsp3) is 0.500. The highest BCUT2D eigenvalue weighted by atomic mass is 35.5. The maximum absolute atomic E-state index is 12.5. The van der Waals surface area contributed by atoms with Gasteiger partial charge in [0.25, 0.3) is 5.91 Å². The third-order valence-corrected chi connectivity index (χ3v) is 5.41. The number of amides is 1. The van der Waals surface area contributed by atoms with Gasteiger partial charge in [-0.2, -0.15) is 0 Å². The molecule has 6 heteroatoms. The molecular weight excluding hydrogens is 354 g/mol. The van der Waals surface area contributed by atoms with Crippen molar-refractivity contribution in [2.45, 2.75) is 44.6 Å². The summed E-state index contributed by atoms with van der Waals surface area (Å²) in [5.41, 5.74) is 0. The third kappa shape index (κ3) is 4.39. The predicted molar refractivity (Wildman–Crippen MR) is 98.9 cm³/mol. The van der Waals surface area contributed by atoms with E-state index in [1.807, 2.05) is 12.1 Å². The van der Waals surface area contributed by atoms with E-state index in [2.05, 4.69) is 0 Å². The first-order valence-electron chi connectivity index (χ1n) is 9.10. The van der Waals surface area contributed by atoms with Gasteiger partial charge >= 0.3 is 5.97 Å². The zero-order valence-electron chi connectivity index (χ0n) is 14.9. The second kappa shape index (κ2) is 8.58. The quantitative estimate of drug-likeness (QED) is 0.704. The minimum Gasteiger partial charge on any atom is -0.467 e. The number of hydrogen-bond acceptors (Lipinski definition) is 4. The summed E-state index contributed by atoms with van der Waals surface area (Å²) in [5, 5.41) is 0.478. The molecule has 26 heavy (non-hydrogen) atoms. The monoisotopic (exact) mass is 377 g/mol. The van der Waals surface area contributed by atoms with Crippen LogP contribution in [-0.4, -0.2) is 36.5 Å². The summed E-state index contributed by atoms with van der Waals surface area (Å²) < 4.78 is 10.7. The van der Waals surface area contributed by atoms with Crippen LogP contribution in [0.3, 0.4) is 0 Å². The Kier molecular flexibility index (Phi) is 6.20. The normalized spacial score (nSPS) is 19.2. The second-order valence-corrected chi connectivity index (χ2v) is 7.30. The summed E-state index contributed by atoms with van der Waals surface area (Å²) >= 11 is 6.11. The summed E-state index contributed by atoms with van der Waals surface area (Å²) in [4.78, 5) is 26.4. The van der Waals surface area contributed by atoms with Crippen LogP contribution in [0, 0.1) is 5.92 Å². The molecule has 0 N–H and O–H groups in total. The van der Waals surface area contributed by atoms with Gasteiger partial charge in [-0.15, -0.1) is 0 Å². The molecule has 2 aliphatic rings. The molecule has 0 bridgehead atoms. The third-order valence-electron chi connectivity index (χ3n) is 5.10. The Hall–Kier alpha value is -2.01. The van der Waals surface area contributed by atoms with Gasteiger partial charge in [0.2, 0.25) is 0 Å². The zero-order valence-corrected chi connectivity index (χ0v) is 15.7. The first-order valence-corrected chi connectivity index (χ1v) is 9.47. The molecule has 1 fully saturated rings. The molecule has 1 aliphatic heterocycles. The molecule has 1 heterocycles. The van der Waals surface area contributed by atoms with E-state index in [1.165, 1.54) is 32.4 Å². The molecule has 0 spiro atoms. The van der Waals surface area contributed by atoms with E-state index in [9.17, 15) is 9.59 Å². The molecule has 5 nitrogen and oxygen atoms in total. The smallest absolute Gasteiger partial charge is 0.328 e. The number of methoxy groups -OCH3 is 1. The van der Waals surface area contributed by atoms with E-state index in [1.54, 1.807) is 17.0 Å². The molecule has 0 unspecified atom stereocenters. The van der Waals surface area contributed by atoms with Crippen molar-refractivity contribution in [3.63, 3.8) is 0 Å². The molecule has 1 atom stereocenters. The molecule has 1 aromatic rings. The lowest BCUT2D eigenvalue weighted by molar-refractivity contribution is -0.151. The lowest BCUT2D eigenvalue weighted by Gasteiger charge is -2.30. The minimum atomic E-state index is -0.570. The van der Waals surface area contributed by atoms with Crippen LogP contribution in [0.5, 0.6) is 5.75 Å². The topological polar surface area (TPSA) is 55.8 Å². The van der Waals surface area contributed by atoms with Crippen molar-refractivity contribution in [1.29, 1.82) is 0 Å². The Morgan fingerprint density at radius 2 is 2.00 bits per heavy atom. The molecule has 0 aromatic heterocycles. The molecule has 0 radical (unpaired) electrons. The highest BCUT2D eigenvalue weighted by Gasteiger charge is 2.36. The molecule has 1 aliphatic carbocycles. The van der Waals surface area contributed by atoms with E-state index in [4.69, 9.17) is 21.1 Å². The van der Waals surface area contributed by atoms with Gasteiger partial charge in [0.1, 0.15) is 17.6 Å². The predicted octanol–water partition coefficient (Wildman–Crippen LogP) is 3.96. The molecule has 3 rings (SSSR count). The maximum atomic E-state index is 12.5. The van der Waals surface area contributed by atoms with Crippen molar-refractivity contribution in [2.75, 3.05) is 13.7 Å². The number of carbonyl (C=O) groups is 2.